The van der Waals surface area contributed by atoms with Crippen LogP contribution < -0.4 is 15.4 Å². The van der Waals surface area contributed by atoms with E-state index in [1.165, 1.54) is 0 Å². The molecule has 2 aromatic rings. The third kappa shape index (κ3) is 4.10. The first-order valence-corrected chi connectivity index (χ1v) is 9.98. The number of hydrogen-bond acceptors (Lipinski definition) is 5. The Hall–Kier alpha value is -2.48. The second-order valence-electron chi connectivity index (χ2n) is 6.93. The summed E-state index contributed by atoms with van der Waals surface area (Å²) in [6.07, 6.45) is 7.82. The molecule has 2 amide bonds. The molecule has 2 aliphatic rings. The van der Waals surface area contributed by atoms with Crippen molar-refractivity contribution in [3.63, 3.8) is 0 Å². The van der Waals surface area contributed by atoms with Crippen molar-refractivity contribution >= 4 is 29.3 Å². The van der Waals surface area contributed by atoms with Gasteiger partial charge in [-0.05, 0) is 43.9 Å². The number of benzene rings is 1. The van der Waals surface area contributed by atoms with Crippen molar-refractivity contribution < 1.29 is 14.3 Å². The fourth-order valence-corrected chi connectivity index (χ4v) is 4.58. The molecule has 1 aromatic carbocycles. The van der Waals surface area contributed by atoms with Crippen LogP contribution in [0.5, 0.6) is 5.75 Å². The number of carbonyl (C=O) groups is 2. The number of hydrogen-bond donors (Lipinski definition) is 2. The maximum Gasteiger partial charge on any atom is 0.262 e. The Morgan fingerprint density at radius 1 is 1.33 bits per heavy atom. The SMILES string of the molecule is Cn1ccnc1SC1CCC(NC(=O)c2ccc3c(c2)OCC(=O)N3)CC1. The van der Waals surface area contributed by atoms with Gasteiger partial charge in [0.05, 0.1) is 5.69 Å². The zero-order valence-electron chi connectivity index (χ0n) is 15.1. The summed E-state index contributed by atoms with van der Waals surface area (Å²) in [4.78, 5) is 28.3. The highest BCUT2D eigenvalue weighted by Crippen LogP contribution is 2.33. The van der Waals surface area contributed by atoms with Gasteiger partial charge in [0.1, 0.15) is 5.75 Å². The molecule has 2 heterocycles. The van der Waals surface area contributed by atoms with Crippen LogP contribution in [0, 0.1) is 0 Å². The van der Waals surface area contributed by atoms with E-state index in [0.717, 1.165) is 30.8 Å². The lowest BCUT2D eigenvalue weighted by Gasteiger charge is -2.28. The Bertz CT molecular complexity index is 858. The Balaban J connectivity index is 1.31. The van der Waals surface area contributed by atoms with Gasteiger partial charge in [0.2, 0.25) is 0 Å². The van der Waals surface area contributed by atoms with Crippen molar-refractivity contribution in [1.29, 1.82) is 0 Å². The van der Waals surface area contributed by atoms with Gasteiger partial charge in [0.15, 0.2) is 11.8 Å². The monoisotopic (exact) mass is 386 g/mol. The molecular formula is C19H22N4O3S. The molecular weight excluding hydrogens is 364 g/mol. The number of carbonyl (C=O) groups excluding carboxylic acids is 2. The highest BCUT2D eigenvalue weighted by atomic mass is 32.2. The molecule has 0 radical (unpaired) electrons. The maximum absolute atomic E-state index is 12.6. The van der Waals surface area contributed by atoms with Crippen molar-refractivity contribution in [1.82, 2.24) is 14.9 Å². The smallest absolute Gasteiger partial charge is 0.262 e. The van der Waals surface area contributed by atoms with Gasteiger partial charge in [0, 0.05) is 36.3 Å². The number of rotatable bonds is 4. The number of ether oxygens (including phenoxy) is 1. The average molecular weight is 386 g/mol. The molecule has 2 N–H and O–H groups in total. The first kappa shape index (κ1) is 17.9. The van der Waals surface area contributed by atoms with Crippen LogP contribution in [0.2, 0.25) is 0 Å². The van der Waals surface area contributed by atoms with Crippen molar-refractivity contribution in [3.8, 4) is 5.75 Å². The summed E-state index contributed by atoms with van der Waals surface area (Å²) in [6, 6.07) is 5.30. The number of nitrogens with one attached hydrogen (secondary N) is 2. The fourth-order valence-electron chi connectivity index (χ4n) is 3.42. The molecule has 1 saturated carbocycles. The highest BCUT2D eigenvalue weighted by molar-refractivity contribution is 7.99. The normalized spacial score (nSPS) is 21.7. The van der Waals surface area contributed by atoms with E-state index < -0.39 is 0 Å². The third-order valence-electron chi connectivity index (χ3n) is 4.94. The van der Waals surface area contributed by atoms with Gasteiger partial charge in [-0.15, -0.1) is 0 Å². The Morgan fingerprint density at radius 2 is 2.15 bits per heavy atom. The van der Waals surface area contributed by atoms with Crippen LogP contribution in [-0.4, -0.2) is 39.3 Å². The lowest BCUT2D eigenvalue weighted by atomic mass is 9.94. The van der Waals surface area contributed by atoms with E-state index in [0.29, 0.717) is 22.3 Å². The van der Waals surface area contributed by atoms with E-state index in [1.807, 2.05) is 35.8 Å². The third-order valence-corrected chi connectivity index (χ3v) is 6.34. The second kappa shape index (κ2) is 7.64. The summed E-state index contributed by atoms with van der Waals surface area (Å²) in [6.45, 7) is -0.0181. The van der Waals surface area contributed by atoms with Gasteiger partial charge in [-0.3, -0.25) is 9.59 Å². The first-order valence-electron chi connectivity index (χ1n) is 9.10. The summed E-state index contributed by atoms with van der Waals surface area (Å²) in [7, 11) is 2.01. The Morgan fingerprint density at radius 3 is 2.89 bits per heavy atom. The van der Waals surface area contributed by atoms with E-state index in [4.69, 9.17) is 4.74 Å². The van der Waals surface area contributed by atoms with Crippen LogP contribution in [0.3, 0.4) is 0 Å². The quantitative estimate of drug-likeness (QED) is 0.844. The molecule has 0 atom stereocenters. The highest BCUT2D eigenvalue weighted by Gasteiger charge is 2.25. The standard InChI is InChI=1S/C19H22N4O3S/c1-23-9-8-20-19(23)27-14-5-3-13(4-6-14)21-18(25)12-2-7-15-16(10-12)26-11-17(24)22-15/h2,7-10,13-14H,3-6,11H2,1H3,(H,21,25)(H,22,24). The summed E-state index contributed by atoms with van der Waals surface area (Å²) in [5, 5.41) is 7.45. The maximum atomic E-state index is 12.6. The van der Waals surface area contributed by atoms with Crippen LogP contribution in [-0.2, 0) is 11.8 Å². The summed E-state index contributed by atoms with van der Waals surface area (Å²) >= 11 is 1.82. The zero-order valence-corrected chi connectivity index (χ0v) is 15.9. The van der Waals surface area contributed by atoms with Gasteiger partial charge in [-0.25, -0.2) is 4.98 Å². The van der Waals surface area contributed by atoms with Crippen LogP contribution in [0.1, 0.15) is 36.0 Å². The number of nitrogens with zero attached hydrogens (tertiary/aromatic N) is 2. The largest absolute Gasteiger partial charge is 0.482 e. The number of aryl methyl sites for hydroxylation is 1. The lowest BCUT2D eigenvalue weighted by Crippen LogP contribution is -2.38. The summed E-state index contributed by atoms with van der Waals surface area (Å²) in [5.41, 5.74) is 1.16. The van der Waals surface area contributed by atoms with Crippen molar-refractivity contribution in [3.05, 3.63) is 36.2 Å². The number of thioether (sulfide) groups is 1. The predicted molar refractivity (Wildman–Crippen MR) is 103 cm³/mol. The van der Waals surface area contributed by atoms with E-state index in [9.17, 15) is 9.59 Å². The molecule has 4 rings (SSSR count). The number of fused-ring (bicyclic) bond motifs is 1. The van der Waals surface area contributed by atoms with E-state index in [-0.39, 0.29) is 24.5 Å². The predicted octanol–water partition coefficient (Wildman–Crippen LogP) is 2.58. The molecule has 0 saturated heterocycles. The van der Waals surface area contributed by atoms with Gasteiger partial charge < -0.3 is 19.9 Å². The molecule has 0 spiro atoms. The summed E-state index contributed by atoms with van der Waals surface area (Å²) in [5.74, 6) is 0.260. The van der Waals surface area contributed by atoms with Gasteiger partial charge >= 0.3 is 0 Å². The van der Waals surface area contributed by atoms with Gasteiger partial charge in [-0.1, -0.05) is 11.8 Å². The molecule has 8 heteroatoms. The number of amides is 2. The van der Waals surface area contributed by atoms with Crippen molar-refractivity contribution in [2.45, 2.75) is 42.1 Å². The minimum absolute atomic E-state index is 0.0181. The molecule has 142 valence electrons. The molecule has 0 bridgehead atoms. The zero-order chi connectivity index (χ0) is 18.8. The number of anilines is 1. The topological polar surface area (TPSA) is 85.2 Å². The van der Waals surface area contributed by atoms with Gasteiger partial charge in [-0.2, -0.15) is 0 Å². The van der Waals surface area contributed by atoms with Crippen LogP contribution in [0.4, 0.5) is 5.69 Å². The summed E-state index contributed by atoms with van der Waals surface area (Å²) < 4.78 is 7.43. The Labute approximate surface area is 161 Å². The number of aromatic nitrogens is 2. The van der Waals surface area contributed by atoms with Crippen LogP contribution in [0.25, 0.3) is 0 Å². The molecule has 7 nitrogen and oxygen atoms in total. The number of imidazole rings is 1. The molecule has 27 heavy (non-hydrogen) atoms. The van der Waals surface area contributed by atoms with Gasteiger partial charge in [0.25, 0.3) is 11.8 Å². The van der Waals surface area contributed by atoms with E-state index in [1.54, 1.807) is 18.2 Å². The first-order chi connectivity index (χ1) is 13.1. The van der Waals surface area contributed by atoms with E-state index >= 15 is 0 Å². The Kier molecular flexibility index (Phi) is 5.07. The van der Waals surface area contributed by atoms with Crippen molar-refractivity contribution in [2.75, 3.05) is 11.9 Å². The van der Waals surface area contributed by atoms with Crippen LogP contribution in [0.15, 0.2) is 35.7 Å². The molecule has 0 unspecified atom stereocenters. The lowest BCUT2D eigenvalue weighted by molar-refractivity contribution is -0.118. The molecule has 1 aliphatic heterocycles. The van der Waals surface area contributed by atoms with E-state index in [2.05, 4.69) is 15.6 Å². The minimum atomic E-state index is -0.181. The second-order valence-corrected chi connectivity index (χ2v) is 8.20. The van der Waals surface area contributed by atoms with Crippen molar-refractivity contribution in [2.24, 2.45) is 7.05 Å². The van der Waals surface area contributed by atoms with Crippen LogP contribution >= 0.6 is 11.8 Å². The molecule has 1 aliphatic carbocycles. The molecule has 1 aromatic heterocycles. The molecule has 1 fully saturated rings. The fraction of sp³-hybridized carbons (Fsp3) is 0.421. The average Bonchev–Trinajstić information content (AvgIpc) is 3.07. The minimum Gasteiger partial charge on any atom is -0.482 e.